The highest BCUT2D eigenvalue weighted by atomic mass is 16.4. The van der Waals surface area contributed by atoms with E-state index in [1.807, 2.05) is 25.2 Å². The average molecular weight is 270 g/mol. The van der Waals surface area contributed by atoms with Crippen molar-refractivity contribution in [2.75, 3.05) is 13.6 Å². The Morgan fingerprint density at radius 2 is 1.95 bits per heavy atom. The Morgan fingerprint density at radius 3 is 2.55 bits per heavy atom. The number of hydrogen-bond donors (Lipinski definition) is 1. The van der Waals surface area contributed by atoms with Gasteiger partial charge in [0, 0.05) is 19.3 Å². The molecule has 0 saturated carbocycles. The number of nitrogens with zero attached hydrogens (tertiary/aromatic N) is 2. The fourth-order valence-electron chi connectivity index (χ4n) is 1.96. The Morgan fingerprint density at radius 1 is 1.20 bits per heavy atom. The topological polar surface area (TPSA) is 53.4 Å². The van der Waals surface area contributed by atoms with Crippen LogP contribution in [0.3, 0.4) is 0 Å². The van der Waals surface area contributed by atoms with Crippen LogP contribution < -0.4 is 0 Å². The maximum atomic E-state index is 10.7. The monoisotopic (exact) mass is 270 g/mol. The molecule has 1 aromatic heterocycles. The fourth-order valence-corrected chi connectivity index (χ4v) is 1.96. The third kappa shape index (κ3) is 4.17. The normalized spacial score (nSPS) is 10.7. The maximum Gasteiger partial charge on any atom is 0.337 e. The summed E-state index contributed by atoms with van der Waals surface area (Å²) in [6.45, 7) is 1.65. The van der Waals surface area contributed by atoms with Crippen molar-refractivity contribution >= 4 is 5.97 Å². The van der Waals surface area contributed by atoms with Crippen LogP contribution in [0, 0.1) is 0 Å². The van der Waals surface area contributed by atoms with Crippen molar-refractivity contribution in [3.63, 3.8) is 0 Å². The Kier molecular flexibility index (Phi) is 4.85. The van der Waals surface area contributed by atoms with E-state index < -0.39 is 5.97 Å². The lowest BCUT2D eigenvalue weighted by atomic mass is 10.1. The minimum atomic E-state index is -0.943. The average Bonchev–Trinajstić information content (AvgIpc) is 2.47. The Labute approximate surface area is 118 Å². The number of aromatic nitrogens is 1. The van der Waals surface area contributed by atoms with Crippen molar-refractivity contribution in [3.05, 3.63) is 65.5 Å². The van der Waals surface area contributed by atoms with Gasteiger partial charge in [0.2, 0.25) is 0 Å². The summed E-state index contributed by atoms with van der Waals surface area (Å²) in [4.78, 5) is 17.1. The first kappa shape index (κ1) is 14.2. The molecule has 0 bridgehead atoms. The zero-order valence-electron chi connectivity index (χ0n) is 11.5. The molecule has 0 amide bonds. The van der Waals surface area contributed by atoms with Gasteiger partial charge in [-0.15, -0.1) is 0 Å². The first-order valence-corrected chi connectivity index (χ1v) is 6.56. The number of carboxylic acids is 1. The zero-order valence-corrected chi connectivity index (χ0v) is 11.5. The third-order valence-electron chi connectivity index (χ3n) is 3.13. The number of likely N-dealkylation sites (N-methyl/N-ethyl adjacent to an activating group) is 1. The second-order valence-electron chi connectivity index (χ2n) is 4.82. The van der Waals surface area contributed by atoms with Gasteiger partial charge in [0.25, 0.3) is 0 Å². The summed E-state index contributed by atoms with van der Waals surface area (Å²) in [7, 11) is 2.04. The quantitative estimate of drug-likeness (QED) is 0.876. The van der Waals surface area contributed by atoms with Crippen LogP contribution in [0.15, 0.2) is 48.7 Å². The Hall–Kier alpha value is -2.20. The van der Waals surface area contributed by atoms with Crippen molar-refractivity contribution in [1.82, 2.24) is 9.88 Å². The number of rotatable bonds is 6. The van der Waals surface area contributed by atoms with Gasteiger partial charge in [0.15, 0.2) is 0 Å². The molecule has 1 heterocycles. The first-order chi connectivity index (χ1) is 9.65. The highest BCUT2D eigenvalue weighted by Crippen LogP contribution is 2.05. The summed E-state index contributed by atoms with van der Waals surface area (Å²) in [5.41, 5.74) is 2.42. The Bertz CT molecular complexity index is 552. The number of hydrogen-bond acceptors (Lipinski definition) is 3. The van der Waals surface area contributed by atoms with Crippen molar-refractivity contribution in [3.8, 4) is 0 Å². The highest BCUT2D eigenvalue weighted by molar-refractivity contribution is 5.87. The van der Waals surface area contributed by atoms with Crippen LogP contribution in [0.25, 0.3) is 0 Å². The number of carbonyl (C=O) groups is 1. The predicted molar refractivity (Wildman–Crippen MR) is 77.7 cm³/mol. The molecule has 104 valence electrons. The molecule has 1 N–H and O–H groups in total. The van der Waals surface area contributed by atoms with Crippen LogP contribution >= 0.6 is 0 Å². The number of carboxylic acid groups (broad SMARTS) is 1. The first-order valence-electron chi connectivity index (χ1n) is 6.56. The summed E-state index contributed by atoms with van der Waals surface area (Å²) >= 11 is 0. The molecule has 0 saturated heterocycles. The molecule has 2 aromatic rings. The van der Waals surface area contributed by atoms with Crippen LogP contribution in [0.4, 0.5) is 0 Å². The Balaban J connectivity index is 1.85. The fraction of sp³-hybridized carbons (Fsp3) is 0.250. The number of aromatic carboxylic acids is 1. The standard InChI is InChI=1S/C16H18N2O2/c1-18(10-9-13-5-3-2-4-6-13)12-15-8-7-14(11-17-15)16(19)20/h2-8,11H,9-10,12H2,1H3,(H,19,20). The van der Waals surface area contributed by atoms with Gasteiger partial charge in [0.05, 0.1) is 11.3 Å². The van der Waals surface area contributed by atoms with Gasteiger partial charge in [0.1, 0.15) is 0 Å². The highest BCUT2D eigenvalue weighted by Gasteiger charge is 2.05. The van der Waals surface area contributed by atoms with Gasteiger partial charge >= 0.3 is 5.97 Å². The van der Waals surface area contributed by atoms with Crippen molar-refractivity contribution in [1.29, 1.82) is 0 Å². The van der Waals surface area contributed by atoms with Gasteiger partial charge in [-0.05, 0) is 31.2 Å². The van der Waals surface area contributed by atoms with Crippen molar-refractivity contribution in [2.45, 2.75) is 13.0 Å². The molecule has 2 rings (SSSR count). The lowest BCUT2D eigenvalue weighted by Gasteiger charge is -2.16. The summed E-state index contributed by atoms with van der Waals surface area (Å²) in [6.07, 6.45) is 2.40. The summed E-state index contributed by atoms with van der Waals surface area (Å²) < 4.78 is 0. The van der Waals surface area contributed by atoms with Crippen LogP contribution in [0.1, 0.15) is 21.6 Å². The largest absolute Gasteiger partial charge is 0.478 e. The van der Waals surface area contributed by atoms with Gasteiger partial charge in [-0.2, -0.15) is 0 Å². The molecule has 0 atom stereocenters. The molecule has 20 heavy (non-hydrogen) atoms. The van der Waals surface area contributed by atoms with Crippen LogP contribution in [-0.4, -0.2) is 34.6 Å². The molecular weight excluding hydrogens is 252 g/mol. The van der Waals surface area contributed by atoms with Crippen molar-refractivity contribution in [2.24, 2.45) is 0 Å². The van der Waals surface area contributed by atoms with E-state index >= 15 is 0 Å². The van der Waals surface area contributed by atoms with E-state index in [0.717, 1.165) is 18.7 Å². The zero-order chi connectivity index (χ0) is 14.4. The van der Waals surface area contributed by atoms with Gasteiger partial charge in [-0.1, -0.05) is 30.3 Å². The van der Waals surface area contributed by atoms with E-state index in [1.165, 1.54) is 11.8 Å². The minimum absolute atomic E-state index is 0.223. The summed E-state index contributed by atoms with van der Waals surface area (Å²) in [5.74, 6) is -0.943. The predicted octanol–water partition coefficient (Wildman–Crippen LogP) is 2.45. The van der Waals surface area contributed by atoms with Crippen molar-refractivity contribution < 1.29 is 9.90 Å². The molecular formula is C16H18N2O2. The molecule has 0 fully saturated rings. The van der Waals surface area contributed by atoms with E-state index in [-0.39, 0.29) is 5.56 Å². The van der Waals surface area contributed by atoms with E-state index in [0.29, 0.717) is 6.54 Å². The molecule has 1 aromatic carbocycles. The van der Waals surface area contributed by atoms with E-state index in [1.54, 1.807) is 12.1 Å². The van der Waals surface area contributed by atoms with Crippen LogP contribution in [0.2, 0.25) is 0 Å². The maximum absolute atomic E-state index is 10.7. The molecule has 0 aliphatic heterocycles. The molecule has 4 heteroatoms. The second-order valence-corrected chi connectivity index (χ2v) is 4.82. The number of pyridine rings is 1. The smallest absolute Gasteiger partial charge is 0.337 e. The molecule has 0 radical (unpaired) electrons. The van der Waals surface area contributed by atoms with Gasteiger partial charge in [-0.3, -0.25) is 4.98 Å². The minimum Gasteiger partial charge on any atom is -0.478 e. The van der Waals surface area contributed by atoms with Crippen LogP contribution in [0.5, 0.6) is 0 Å². The van der Waals surface area contributed by atoms with E-state index in [9.17, 15) is 4.79 Å². The van der Waals surface area contributed by atoms with E-state index in [4.69, 9.17) is 5.11 Å². The lowest BCUT2D eigenvalue weighted by molar-refractivity contribution is 0.0696. The third-order valence-corrected chi connectivity index (χ3v) is 3.13. The number of benzene rings is 1. The van der Waals surface area contributed by atoms with Crippen LogP contribution in [-0.2, 0) is 13.0 Å². The summed E-state index contributed by atoms with van der Waals surface area (Å²) in [6, 6.07) is 13.7. The van der Waals surface area contributed by atoms with Gasteiger partial charge < -0.3 is 10.0 Å². The molecule has 0 spiro atoms. The second kappa shape index (κ2) is 6.82. The lowest BCUT2D eigenvalue weighted by Crippen LogP contribution is -2.21. The van der Waals surface area contributed by atoms with E-state index in [2.05, 4.69) is 22.0 Å². The van der Waals surface area contributed by atoms with Gasteiger partial charge in [-0.25, -0.2) is 4.79 Å². The summed E-state index contributed by atoms with van der Waals surface area (Å²) in [5, 5.41) is 8.82. The molecule has 0 aliphatic rings. The molecule has 0 aliphatic carbocycles. The molecule has 4 nitrogen and oxygen atoms in total. The molecule has 0 unspecified atom stereocenters. The SMILES string of the molecule is CN(CCc1ccccc1)Cc1ccc(C(=O)O)cn1.